The predicted octanol–water partition coefficient (Wildman–Crippen LogP) is 1.82. The summed E-state index contributed by atoms with van der Waals surface area (Å²) in [6.07, 6.45) is 5.21. The molecule has 0 saturated carbocycles. The Morgan fingerprint density at radius 2 is 2.00 bits per heavy atom. The first kappa shape index (κ1) is 13.7. The molecule has 0 spiro atoms. The second kappa shape index (κ2) is 4.47. The molecule has 0 aliphatic heterocycles. The third kappa shape index (κ3) is 3.29. The lowest BCUT2D eigenvalue weighted by Gasteiger charge is -2.20. The number of hydrogen-bond donors (Lipinski definition) is 1. The van der Waals surface area contributed by atoms with Crippen LogP contribution >= 0.6 is 0 Å². The maximum Gasteiger partial charge on any atom is 0.242 e. The van der Waals surface area contributed by atoms with Crippen LogP contribution in [0.3, 0.4) is 0 Å². The van der Waals surface area contributed by atoms with Crippen molar-refractivity contribution in [2.24, 2.45) is 0 Å². The molecule has 0 aliphatic carbocycles. The van der Waals surface area contributed by atoms with Crippen molar-refractivity contribution in [1.82, 2.24) is 4.72 Å². The van der Waals surface area contributed by atoms with Crippen molar-refractivity contribution >= 4 is 10.0 Å². The van der Waals surface area contributed by atoms with Gasteiger partial charge in [-0.25, -0.2) is 12.8 Å². The Morgan fingerprint density at radius 1 is 1.41 bits per heavy atom. The highest BCUT2D eigenvalue weighted by Gasteiger charge is 2.25. The topological polar surface area (TPSA) is 46.2 Å². The van der Waals surface area contributed by atoms with Crippen molar-refractivity contribution in [2.75, 3.05) is 0 Å². The first-order valence-electron chi connectivity index (χ1n) is 4.96. The summed E-state index contributed by atoms with van der Waals surface area (Å²) in [5, 5.41) is 0. The molecule has 0 saturated heterocycles. The summed E-state index contributed by atoms with van der Waals surface area (Å²) >= 11 is 0. The number of benzene rings is 1. The van der Waals surface area contributed by atoms with Crippen LogP contribution in [0.2, 0.25) is 0 Å². The maximum atomic E-state index is 13.1. The van der Waals surface area contributed by atoms with Crippen LogP contribution < -0.4 is 4.72 Å². The first-order chi connectivity index (χ1) is 7.68. The molecule has 17 heavy (non-hydrogen) atoms. The zero-order chi connectivity index (χ0) is 13.3. The summed E-state index contributed by atoms with van der Waals surface area (Å²) in [7, 11) is -3.82. The Hall–Kier alpha value is -1.38. The van der Waals surface area contributed by atoms with Crippen LogP contribution in [0.1, 0.15) is 19.4 Å². The summed E-state index contributed by atoms with van der Waals surface area (Å²) in [6, 6.07) is 3.59. The Bertz CT molecular complexity index is 571. The van der Waals surface area contributed by atoms with E-state index in [0.717, 1.165) is 6.07 Å². The molecule has 1 N–H and O–H groups in total. The van der Waals surface area contributed by atoms with Crippen molar-refractivity contribution < 1.29 is 12.8 Å². The number of aryl methyl sites for hydroxylation is 1. The van der Waals surface area contributed by atoms with E-state index in [9.17, 15) is 12.8 Å². The lowest BCUT2D eigenvalue weighted by Crippen LogP contribution is -2.42. The van der Waals surface area contributed by atoms with E-state index in [1.54, 1.807) is 20.8 Å². The van der Waals surface area contributed by atoms with Crippen molar-refractivity contribution in [1.29, 1.82) is 0 Å². The van der Waals surface area contributed by atoms with Gasteiger partial charge < -0.3 is 0 Å². The van der Waals surface area contributed by atoms with Gasteiger partial charge in [0, 0.05) is 0 Å². The zero-order valence-corrected chi connectivity index (χ0v) is 10.7. The minimum atomic E-state index is -3.82. The molecule has 0 bridgehead atoms. The van der Waals surface area contributed by atoms with Crippen LogP contribution in [0, 0.1) is 25.1 Å². The monoisotopic (exact) mass is 255 g/mol. The zero-order valence-electron chi connectivity index (χ0n) is 9.91. The standard InChI is InChI=1S/C12H14FNO2S/c1-5-12(3,4)14-17(15,16)11-8-10(13)7-6-9(11)2/h1,6-8,14H,2-4H3. The lowest BCUT2D eigenvalue weighted by atomic mass is 10.1. The normalized spacial score (nSPS) is 12.2. The van der Waals surface area contributed by atoms with Gasteiger partial charge >= 0.3 is 0 Å². The molecule has 0 aliphatic rings. The molecule has 0 aromatic heterocycles. The van der Waals surface area contributed by atoms with E-state index in [0.29, 0.717) is 5.56 Å². The summed E-state index contributed by atoms with van der Waals surface area (Å²) in [5.74, 6) is 1.71. The molecule has 1 aromatic carbocycles. The molecule has 92 valence electrons. The molecule has 0 radical (unpaired) electrons. The molecule has 0 fully saturated rings. The molecule has 1 aromatic rings. The number of nitrogens with one attached hydrogen (secondary N) is 1. The van der Waals surface area contributed by atoms with Gasteiger partial charge in [0.2, 0.25) is 10.0 Å². The van der Waals surface area contributed by atoms with Crippen molar-refractivity contribution in [3.63, 3.8) is 0 Å². The second-order valence-electron chi connectivity index (χ2n) is 4.28. The predicted molar refractivity (Wildman–Crippen MR) is 64.4 cm³/mol. The van der Waals surface area contributed by atoms with E-state index in [1.165, 1.54) is 12.1 Å². The third-order valence-corrected chi connectivity index (χ3v) is 3.99. The van der Waals surface area contributed by atoms with Crippen LogP contribution in [0.25, 0.3) is 0 Å². The highest BCUT2D eigenvalue weighted by molar-refractivity contribution is 7.89. The Morgan fingerprint density at radius 3 is 2.53 bits per heavy atom. The van der Waals surface area contributed by atoms with Crippen molar-refractivity contribution in [3.8, 4) is 12.3 Å². The van der Waals surface area contributed by atoms with Gasteiger partial charge in [-0.3, -0.25) is 0 Å². The highest BCUT2D eigenvalue weighted by Crippen LogP contribution is 2.18. The molecule has 0 atom stereocenters. The van der Waals surface area contributed by atoms with Gasteiger partial charge in [-0.2, -0.15) is 4.72 Å². The number of rotatable bonds is 3. The van der Waals surface area contributed by atoms with Gasteiger partial charge in [0.25, 0.3) is 0 Å². The Balaban J connectivity index is 3.24. The van der Waals surface area contributed by atoms with Crippen molar-refractivity contribution in [2.45, 2.75) is 31.2 Å². The van der Waals surface area contributed by atoms with E-state index in [2.05, 4.69) is 10.6 Å². The average molecular weight is 255 g/mol. The number of terminal acetylenes is 1. The quantitative estimate of drug-likeness (QED) is 0.837. The van der Waals surface area contributed by atoms with Crippen LogP contribution in [0.15, 0.2) is 23.1 Å². The molecule has 0 unspecified atom stereocenters. The van der Waals surface area contributed by atoms with E-state index in [1.807, 2.05) is 0 Å². The van der Waals surface area contributed by atoms with Crippen LogP contribution in [0.5, 0.6) is 0 Å². The van der Waals surface area contributed by atoms with Gasteiger partial charge in [0.15, 0.2) is 0 Å². The largest absolute Gasteiger partial charge is 0.242 e. The van der Waals surface area contributed by atoms with Crippen LogP contribution in [-0.2, 0) is 10.0 Å². The number of sulfonamides is 1. The van der Waals surface area contributed by atoms with Gasteiger partial charge in [-0.15, -0.1) is 6.42 Å². The molecule has 0 heterocycles. The minimum Gasteiger partial charge on any atom is -0.207 e. The van der Waals surface area contributed by atoms with Gasteiger partial charge in [-0.1, -0.05) is 12.0 Å². The molecule has 3 nitrogen and oxygen atoms in total. The molecular formula is C12H14FNO2S. The third-order valence-electron chi connectivity index (χ3n) is 2.19. The van der Waals surface area contributed by atoms with E-state index < -0.39 is 21.4 Å². The molecular weight excluding hydrogens is 241 g/mol. The van der Waals surface area contributed by atoms with Gasteiger partial charge in [0.1, 0.15) is 5.82 Å². The van der Waals surface area contributed by atoms with Gasteiger partial charge in [0.05, 0.1) is 10.4 Å². The first-order valence-corrected chi connectivity index (χ1v) is 6.44. The fraction of sp³-hybridized carbons (Fsp3) is 0.333. The number of hydrogen-bond acceptors (Lipinski definition) is 2. The SMILES string of the molecule is C#CC(C)(C)NS(=O)(=O)c1cc(F)ccc1C. The van der Waals surface area contributed by atoms with Crippen molar-refractivity contribution in [3.05, 3.63) is 29.6 Å². The maximum absolute atomic E-state index is 13.1. The molecule has 5 heteroatoms. The second-order valence-corrected chi connectivity index (χ2v) is 5.94. The summed E-state index contributed by atoms with van der Waals surface area (Å²) in [4.78, 5) is -0.0965. The van der Waals surface area contributed by atoms with Crippen LogP contribution in [-0.4, -0.2) is 14.0 Å². The summed E-state index contributed by atoms with van der Waals surface area (Å²) in [5.41, 5.74) is -0.552. The lowest BCUT2D eigenvalue weighted by molar-refractivity contribution is 0.536. The average Bonchev–Trinajstić information content (AvgIpc) is 2.20. The smallest absolute Gasteiger partial charge is 0.207 e. The highest BCUT2D eigenvalue weighted by atomic mass is 32.2. The van der Waals surface area contributed by atoms with Gasteiger partial charge in [-0.05, 0) is 38.5 Å². The van der Waals surface area contributed by atoms with Crippen LogP contribution in [0.4, 0.5) is 4.39 Å². The number of halogens is 1. The van der Waals surface area contributed by atoms with E-state index in [-0.39, 0.29) is 4.90 Å². The summed E-state index contributed by atoms with van der Waals surface area (Å²) < 4.78 is 39.4. The van der Waals surface area contributed by atoms with E-state index >= 15 is 0 Å². The summed E-state index contributed by atoms with van der Waals surface area (Å²) in [6.45, 7) is 4.70. The molecule has 1 rings (SSSR count). The van der Waals surface area contributed by atoms with E-state index in [4.69, 9.17) is 6.42 Å². The Labute approximate surface area is 101 Å². The fourth-order valence-corrected chi connectivity index (χ4v) is 2.88. The fourth-order valence-electron chi connectivity index (χ4n) is 1.28. The molecule has 0 amide bonds. The minimum absolute atomic E-state index is 0.0965. The Kier molecular flexibility index (Phi) is 3.60.